The first-order valence-corrected chi connectivity index (χ1v) is 10.1. The number of nitrogens with one attached hydrogen (secondary N) is 1. The average Bonchev–Trinajstić information content (AvgIpc) is 3.07. The SMILES string of the molecule is Cc1ccc(NC(=O)Cn2c(COc3ccc(Cl)cc3)nc3ccccc32)c(C)c1. The van der Waals surface area contributed by atoms with Crippen LogP contribution in [0.5, 0.6) is 5.75 Å². The number of hydrogen-bond donors (Lipinski definition) is 1. The van der Waals surface area contributed by atoms with Crippen molar-refractivity contribution in [3.05, 3.63) is 88.7 Å². The Labute approximate surface area is 180 Å². The van der Waals surface area contributed by atoms with Crippen LogP contribution in [-0.4, -0.2) is 15.5 Å². The number of nitrogens with zero attached hydrogens (tertiary/aromatic N) is 2. The van der Waals surface area contributed by atoms with Crippen LogP contribution >= 0.6 is 11.6 Å². The Hall–Kier alpha value is -3.31. The maximum Gasteiger partial charge on any atom is 0.244 e. The predicted molar refractivity (Wildman–Crippen MR) is 120 cm³/mol. The lowest BCUT2D eigenvalue weighted by atomic mass is 10.1. The lowest BCUT2D eigenvalue weighted by Crippen LogP contribution is -2.21. The van der Waals surface area contributed by atoms with E-state index in [1.807, 2.05) is 73.0 Å². The van der Waals surface area contributed by atoms with Crippen molar-refractivity contribution in [3.63, 3.8) is 0 Å². The number of carbonyl (C=O) groups excluding carboxylic acids is 1. The number of aryl methyl sites for hydroxylation is 2. The van der Waals surface area contributed by atoms with Gasteiger partial charge in [-0.25, -0.2) is 4.98 Å². The summed E-state index contributed by atoms with van der Waals surface area (Å²) in [5.74, 6) is 1.26. The summed E-state index contributed by atoms with van der Waals surface area (Å²) in [4.78, 5) is 17.5. The monoisotopic (exact) mass is 419 g/mol. The van der Waals surface area contributed by atoms with E-state index in [0.29, 0.717) is 16.6 Å². The minimum absolute atomic E-state index is 0.113. The molecule has 1 N–H and O–H groups in total. The number of para-hydroxylation sites is 2. The van der Waals surface area contributed by atoms with Crippen molar-refractivity contribution >= 4 is 34.2 Å². The Balaban J connectivity index is 1.56. The van der Waals surface area contributed by atoms with Crippen molar-refractivity contribution in [1.29, 1.82) is 0 Å². The summed E-state index contributed by atoms with van der Waals surface area (Å²) in [6.45, 7) is 4.41. The summed E-state index contributed by atoms with van der Waals surface area (Å²) in [5.41, 5.74) is 4.72. The van der Waals surface area contributed by atoms with Crippen LogP contribution in [0.1, 0.15) is 17.0 Å². The molecule has 0 saturated heterocycles. The third-order valence-corrected chi connectivity index (χ3v) is 5.12. The predicted octanol–water partition coefficient (Wildman–Crippen LogP) is 5.52. The highest BCUT2D eigenvalue weighted by atomic mass is 35.5. The van der Waals surface area contributed by atoms with Gasteiger partial charge in [-0.3, -0.25) is 4.79 Å². The van der Waals surface area contributed by atoms with Crippen LogP contribution in [-0.2, 0) is 17.9 Å². The van der Waals surface area contributed by atoms with Crippen LogP contribution in [0.25, 0.3) is 11.0 Å². The number of hydrogen-bond acceptors (Lipinski definition) is 3. The van der Waals surface area contributed by atoms with Gasteiger partial charge in [-0.15, -0.1) is 0 Å². The van der Waals surface area contributed by atoms with Gasteiger partial charge in [-0.05, 0) is 61.9 Å². The van der Waals surface area contributed by atoms with Crippen molar-refractivity contribution in [1.82, 2.24) is 9.55 Å². The summed E-state index contributed by atoms with van der Waals surface area (Å²) in [6, 6.07) is 20.9. The first-order chi connectivity index (χ1) is 14.5. The molecule has 0 bridgehead atoms. The fraction of sp³-hybridized carbons (Fsp3) is 0.167. The Morgan fingerprint density at radius 3 is 2.60 bits per heavy atom. The van der Waals surface area contributed by atoms with E-state index >= 15 is 0 Å². The summed E-state index contributed by atoms with van der Waals surface area (Å²) in [5, 5.41) is 3.66. The minimum atomic E-state index is -0.113. The molecular formula is C24H22ClN3O2. The summed E-state index contributed by atoms with van der Waals surface area (Å²) in [7, 11) is 0. The van der Waals surface area contributed by atoms with E-state index in [-0.39, 0.29) is 19.1 Å². The summed E-state index contributed by atoms with van der Waals surface area (Å²) < 4.78 is 7.77. The van der Waals surface area contributed by atoms with Crippen LogP contribution < -0.4 is 10.1 Å². The van der Waals surface area contributed by atoms with E-state index in [0.717, 1.165) is 27.8 Å². The van der Waals surface area contributed by atoms with Crippen molar-refractivity contribution in [2.75, 3.05) is 5.32 Å². The van der Waals surface area contributed by atoms with Gasteiger partial charge in [0.05, 0.1) is 11.0 Å². The standard InChI is InChI=1S/C24H22ClN3O2/c1-16-7-12-20(17(2)13-16)27-24(29)14-28-22-6-4-3-5-21(22)26-23(28)15-30-19-10-8-18(25)9-11-19/h3-13H,14-15H2,1-2H3,(H,27,29). The molecule has 0 fully saturated rings. The molecule has 0 radical (unpaired) electrons. The highest BCUT2D eigenvalue weighted by molar-refractivity contribution is 6.30. The Kier molecular flexibility index (Phi) is 5.72. The maximum absolute atomic E-state index is 12.8. The molecule has 1 amide bonds. The van der Waals surface area contributed by atoms with Crippen LogP contribution in [0, 0.1) is 13.8 Å². The lowest BCUT2D eigenvalue weighted by Gasteiger charge is -2.12. The molecule has 0 saturated carbocycles. The Morgan fingerprint density at radius 2 is 1.83 bits per heavy atom. The highest BCUT2D eigenvalue weighted by Gasteiger charge is 2.15. The van der Waals surface area contributed by atoms with Gasteiger partial charge in [0, 0.05) is 10.7 Å². The van der Waals surface area contributed by atoms with E-state index < -0.39 is 0 Å². The number of amides is 1. The number of halogens is 1. The van der Waals surface area contributed by atoms with E-state index in [1.54, 1.807) is 12.1 Å². The second kappa shape index (κ2) is 8.59. The lowest BCUT2D eigenvalue weighted by molar-refractivity contribution is -0.116. The molecule has 3 aromatic carbocycles. The third-order valence-electron chi connectivity index (χ3n) is 4.87. The quantitative estimate of drug-likeness (QED) is 0.447. The van der Waals surface area contributed by atoms with Gasteiger partial charge in [0.1, 0.15) is 24.7 Å². The van der Waals surface area contributed by atoms with Crippen molar-refractivity contribution in [2.24, 2.45) is 0 Å². The second-order valence-electron chi connectivity index (χ2n) is 7.21. The molecule has 4 rings (SSSR count). The molecule has 1 heterocycles. The third kappa shape index (κ3) is 4.47. The first-order valence-electron chi connectivity index (χ1n) is 9.69. The number of anilines is 1. The zero-order valence-electron chi connectivity index (χ0n) is 16.9. The number of benzene rings is 3. The minimum Gasteiger partial charge on any atom is -0.486 e. The van der Waals surface area contributed by atoms with E-state index in [9.17, 15) is 4.79 Å². The molecule has 0 atom stereocenters. The van der Waals surface area contributed by atoms with Crippen molar-refractivity contribution in [2.45, 2.75) is 27.0 Å². The Morgan fingerprint density at radius 1 is 1.07 bits per heavy atom. The smallest absolute Gasteiger partial charge is 0.244 e. The number of fused-ring (bicyclic) bond motifs is 1. The van der Waals surface area contributed by atoms with Gasteiger partial charge in [0.15, 0.2) is 0 Å². The molecule has 0 aliphatic rings. The largest absolute Gasteiger partial charge is 0.486 e. The molecule has 0 aliphatic heterocycles. The molecule has 0 aliphatic carbocycles. The van der Waals surface area contributed by atoms with Crippen LogP contribution in [0.15, 0.2) is 66.7 Å². The van der Waals surface area contributed by atoms with Gasteiger partial charge < -0.3 is 14.6 Å². The number of carbonyl (C=O) groups is 1. The maximum atomic E-state index is 12.8. The van der Waals surface area contributed by atoms with Crippen LogP contribution in [0.2, 0.25) is 5.02 Å². The molecule has 0 unspecified atom stereocenters. The normalized spacial score (nSPS) is 10.9. The highest BCUT2D eigenvalue weighted by Crippen LogP contribution is 2.21. The van der Waals surface area contributed by atoms with Crippen LogP contribution in [0.3, 0.4) is 0 Å². The van der Waals surface area contributed by atoms with Gasteiger partial charge >= 0.3 is 0 Å². The van der Waals surface area contributed by atoms with Crippen molar-refractivity contribution in [3.8, 4) is 5.75 Å². The molecule has 30 heavy (non-hydrogen) atoms. The number of rotatable bonds is 6. The average molecular weight is 420 g/mol. The fourth-order valence-electron chi connectivity index (χ4n) is 3.38. The number of aromatic nitrogens is 2. The first kappa shape index (κ1) is 20.0. The second-order valence-corrected chi connectivity index (χ2v) is 7.65. The van der Waals surface area contributed by atoms with Crippen LogP contribution in [0.4, 0.5) is 5.69 Å². The zero-order chi connectivity index (χ0) is 21.1. The molecule has 152 valence electrons. The zero-order valence-corrected chi connectivity index (χ0v) is 17.6. The summed E-state index contributed by atoms with van der Waals surface area (Å²) >= 11 is 5.93. The molecule has 6 heteroatoms. The summed E-state index contributed by atoms with van der Waals surface area (Å²) in [6.07, 6.45) is 0. The number of imidazole rings is 1. The van der Waals surface area contributed by atoms with Gasteiger partial charge in [-0.1, -0.05) is 41.4 Å². The molecular weight excluding hydrogens is 398 g/mol. The molecule has 1 aromatic heterocycles. The Bertz CT molecular complexity index is 1200. The van der Waals surface area contributed by atoms with Gasteiger partial charge in [0.25, 0.3) is 0 Å². The molecule has 5 nitrogen and oxygen atoms in total. The van der Waals surface area contributed by atoms with Gasteiger partial charge in [0.2, 0.25) is 5.91 Å². The fourth-order valence-corrected chi connectivity index (χ4v) is 3.50. The topological polar surface area (TPSA) is 56.2 Å². The van der Waals surface area contributed by atoms with E-state index in [2.05, 4.69) is 10.3 Å². The van der Waals surface area contributed by atoms with Crippen molar-refractivity contribution < 1.29 is 9.53 Å². The number of ether oxygens (including phenoxy) is 1. The van der Waals surface area contributed by atoms with E-state index in [4.69, 9.17) is 16.3 Å². The molecule has 4 aromatic rings. The van der Waals surface area contributed by atoms with E-state index in [1.165, 1.54) is 0 Å². The molecule has 0 spiro atoms. The van der Waals surface area contributed by atoms with Gasteiger partial charge in [-0.2, -0.15) is 0 Å².